The molecule has 0 bridgehead atoms. The topological polar surface area (TPSA) is 12.0 Å². The van der Waals surface area contributed by atoms with E-state index in [1.807, 2.05) is 6.92 Å². The summed E-state index contributed by atoms with van der Waals surface area (Å²) in [6.45, 7) is 1.70. The van der Waals surface area contributed by atoms with Gasteiger partial charge in [0.15, 0.2) is 0 Å². The summed E-state index contributed by atoms with van der Waals surface area (Å²) in [5, 5.41) is 3.76. The van der Waals surface area contributed by atoms with Crippen LogP contribution >= 0.6 is 15.9 Å². The predicted molar refractivity (Wildman–Crippen MR) is 70.8 cm³/mol. The summed E-state index contributed by atoms with van der Waals surface area (Å²) in [6.07, 6.45) is 1.72. The highest BCUT2D eigenvalue weighted by atomic mass is 79.9. The van der Waals surface area contributed by atoms with Gasteiger partial charge in [0.05, 0.1) is 6.54 Å². The van der Waals surface area contributed by atoms with Crippen LogP contribution in [-0.2, 0) is 5.92 Å². The van der Waals surface area contributed by atoms with Crippen molar-refractivity contribution in [3.63, 3.8) is 0 Å². The lowest BCUT2D eigenvalue weighted by molar-refractivity contribution is -0.00590. The Morgan fingerprint density at radius 1 is 1.29 bits per heavy atom. The molecule has 1 aromatic carbocycles. The SMILES string of the molecule is CCC(CCBr)NCC(F)(F)c1ccccc1. The molecule has 0 fully saturated rings. The summed E-state index contributed by atoms with van der Waals surface area (Å²) in [7, 11) is 0. The Balaban J connectivity index is 2.55. The fourth-order valence-electron chi connectivity index (χ4n) is 1.64. The number of nitrogens with one attached hydrogen (secondary N) is 1. The maximum Gasteiger partial charge on any atom is 0.285 e. The molecule has 1 N–H and O–H groups in total. The highest BCUT2D eigenvalue weighted by molar-refractivity contribution is 9.09. The van der Waals surface area contributed by atoms with Crippen LogP contribution in [0.4, 0.5) is 8.78 Å². The van der Waals surface area contributed by atoms with Crippen molar-refractivity contribution in [3.8, 4) is 0 Å². The average molecular weight is 306 g/mol. The van der Waals surface area contributed by atoms with Crippen LogP contribution < -0.4 is 5.32 Å². The molecule has 0 amide bonds. The third-order valence-electron chi connectivity index (χ3n) is 2.76. The Morgan fingerprint density at radius 2 is 1.94 bits per heavy atom. The number of hydrogen-bond donors (Lipinski definition) is 1. The quantitative estimate of drug-likeness (QED) is 0.753. The van der Waals surface area contributed by atoms with Gasteiger partial charge >= 0.3 is 0 Å². The van der Waals surface area contributed by atoms with Crippen LogP contribution in [-0.4, -0.2) is 17.9 Å². The fourth-order valence-corrected chi connectivity index (χ4v) is 2.19. The Kier molecular flexibility index (Phi) is 6.06. The molecule has 1 nitrogen and oxygen atoms in total. The molecule has 96 valence electrons. The van der Waals surface area contributed by atoms with Crippen LogP contribution in [0.1, 0.15) is 25.3 Å². The third-order valence-corrected chi connectivity index (χ3v) is 3.22. The third kappa shape index (κ3) is 4.72. The molecule has 0 saturated heterocycles. The smallest absolute Gasteiger partial charge is 0.285 e. The van der Waals surface area contributed by atoms with Gasteiger partial charge in [-0.25, -0.2) is 0 Å². The van der Waals surface area contributed by atoms with Crippen molar-refractivity contribution in [2.45, 2.75) is 31.7 Å². The molecule has 0 aliphatic rings. The summed E-state index contributed by atoms with van der Waals surface area (Å²) in [5.41, 5.74) is 0.0706. The molecule has 0 aliphatic carbocycles. The van der Waals surface area contributed by atoms with E-state index in [1.54, 1.807) is 18.2 Å². The number of alkyl halides is 3. The molecule has 1 unspecified atom stereocenters. The van der Waals surface area contributed by atoms with Gasteiger partial charge in [0.1, 0.15) is 0 Å². The van der Waals surface area contributed by atoms with Crippen molar-refractivity contribution in [2.24, 2.45) is 0 Å². The highest BCUT2D eigenvalue weighted by Gasteiger charge is 2.31. The predicted octanol–water partition coefficient (Wildman–Crippen LogP) is 3.93. The normalized spacial score (nSPS) is 13.6. The Hall–Kier alpha value is -0.480. The summed E-state index contributed by atoms with van der Waals surface area (Å²) < 4.78 is 27.6. The van der Waals surface area contributed by atoms with E-state index < -0.39 is 5.92 Å². The van der Waals surface area contributed by atoms with E-state index in [2.05, 4.69) is 21.2 Å². The molecular weight excluding hydrogens is 288 g/mol. The molecule has 0 aliphatic heterocycles. The Morgan fingerprint density at radius 3 is 2.47 bits per heavy atom. The van der Waals surface area contributed by atoms with E-state index in [-0.39, 0.29) is 18.2 Å². The number of hydrogen-bond acceptors (Lipinski definition) is 1. The molecule has 0 heterocycles. The van der Waals surface area contributed by atoms with Crippen LogP contribution in [0.3, 0.4) is 0 Å². The maximum atomic E-state index is 13.8. The van der Waals surface area contributed by atoms with Gasteiger partial charge in [0.2, 0.25) is 0 Å². The number of benzene rings is 1. The van der Waals surface area contributed by atoms with Crippen molar-refractivity contribution in [1.29, 1.82) is 0 Å². The van der Waals surface area contributed by atoms with Gasteiger partial charge in [-0.1, -0.05) is 53.2 Å². The van der Waals surface area contributed by atoms with Crippen molar-refractivity contribution < 1.29 is 8.78 Å². The van der Waals surface area contributed by atoms with Crippen LogP contribution in [0.2, 0.25) is 0 Å². The lowest BCUT2D eigenvalue weighted by Crippen LogP contribution is -2.37. The average Bonchev–Trinajstić information content (AvgIpc) is 2.35. The fraction of sp³-hybridized carbons (Fsp3) is 0.538. The zero-order valence-corrected chi connectivity index (χ0v) is 11.5. The molecule has 1 atom stereocenters. The van der Waals surface area contributed by atoms with E-state index in [1.165, 1.54) is 12.1 Å². The molecule has 0 spiro atoms. The van der Waals surface area contributed by atoms with Crippen molar-refractivity contribution in [1.82, 2.24) is 5.32 Å². The van der Waals surface area contributed by atoms with Gasteiger partial charge < -0.3 is 5.32 Å². The second kappa shape index (κ2) is 7.07. The zero-order valence-electron chi connectivity index (χ0n) is 9.93. The van der Waals surface area contributed by atoms with Crippen LogP contribution in [0, 0.1) is 0 Å². The first-order chi connectivity index (χ1) is 8.10. The van der Waals surface area contributed by atoms with Gasteiger partial charge in [-0.15, -0.1) is 0 Å². The second-order valence-corrected chi connectivity index (χ2v) is 4.83. The van der Waals surface area contributed by atoms with E-state index in [9.17, 15) is 8.78 Å². The molecule has 4 heteroatoms. The minimum atomic E-state index is -2.80. The maximum absolute atomic E-state index is 13.8. The van der Waals surface area contributed by atoms with Crippen LogP contribution in [0.25, 0.3) is 0 Å². The lowest BCUT2D eigenvalue weighted by Gasteiger charge is -2.22. The van der Waals surface area contributed by atoms with Gasteiger partial charge in [0.25, 0.3) is 5.92 Å². The monoisotopic (exact) mass is 305 g/mol. The minimum Gasteiger partial charge on any atom is -0.308 e. The van der Waals surface area contributed by atoms with E-state index in [0.717, 1.165) is 18.2 Å². The van der Waals surface area contributed by atoms with Crippen LogP contribution in [0.15, 0.2) is 30.3 Å². The van der Waals surface area contributed by atoms with E-state index >= 15 is 0 Å². The van der Waals surface area contributed by atoms with Crippen molar-refractivity contribution >= 4 is 15.9 Å². The van der Waals surface area contributed by atoms with E-state index in [0.29, 0.717) is 0 Å². The van der Waals surface area contributed by atoms with Crippen molar-refractivity contribution in [3.05, 3.63) is 35.9 Å². The minimum absolute atomic E-state index is 0.0706. The standard InChI is InChI=1S/C13H18BrF2N/c1-2-12(8-9-14)17-10-13(15,16)11-6-4-3-5-7-11/h3-7,12,17H,2,8-10H2,1H3. The molecule has 17 heavy (non-hydrogen) atoms. The summed E-state index contributed by atoms with van der Waals surface area (Å²) in [4.78, 5) is 0. The molecule has 0 radical (unpaired) electrons. The summed E-state index contributed by atoms with van der Waals surface area (Å²) in [6, 6.07) is 8.09. The highest BCUT2D eigenvalue weighted by Crippen LogP contribution is 2.26. The van der Waals surface area contributed by atoms with Gasteiger partial charge in [-0.05, 0) is 12.8 Å². The van der Waals surface area contributed by atoms with Gasteiger partial charge in [-0.2, -0.15) is 8.78 Å². The first-order valence-electron chi connectivity index (χ1n) is 5.83. The number of halogens is 3. The zero-order chi connectivity index (χ0) is 12.7. The Labute approximate surface area is 110 Å². The lowest BCUT2D eigenvalue weighted by atomic mass is 10.1. The second-order valence-electron chi connectivity index (χ2n) is 4.03. The first kappa shape index (κ1) is 14.6. The van der Waals surface area contributed by atoms with Crippen molar-refractivity contribution in [2.75, 3.05) is 11.9 Å². The summed E-state index contributed by atoms with van der Waals surface area (Å²) >= 11 is 3.33. The summed E-state index contributed by atoms with van der Waals surface area (Å²) in [5.74, 6) is -2.80. The van der Waals surface area contributed by atoms with Crippen LogP contribution in [0.5, 0.6) is 0 Å². The van der Waals surface area contributed by atoms with E-state index in [4.69, 9.17) is 0 Å². The molecule has 0 aromatic heterocycles. The molecule has 0 saturated carbocycles. The molecular formula is C13H18BrF2N. The van der Waals surface area contributed by atoms with Gasteiger partial charge in [-0.3, -0.25) is 0 Å². The number of rotatable bonds is 7. The Bertz CT molecular complexity index is 316. The first-order valence-corrected chi connectivity index (χ1v) is 6.95. The molecule has 1 rings (SSSR count). The largest absolute Gasteiger partial charge is 0.308 e. The van der Waals surface area contributed by atoms with Gasteiger partial charge in [0, 0.05) is 16.9 Å². The molecule has 1 aromatic rings.